The summed E-state index contributed by atoms with van der Waals surface area (Å²) in [6, 6.07) is 13.3. The minimum Gasteiger partial charge on any atom is -0.258 e. The van der Waals surface area contributed by atoms with E-state index in [0.717, 1.165) is 23.5 Å². The van der Waals surface area contributed by atoms with Crippen molar-refractivity contribution in [1.82, 2.24) is 4.31 Å². The van der Waals surface area contributed by atoms with Gasteiger partial charge in [-0.1, -0.05) is 36.4 Å². The molecule has 2 aliphatic rings. The summed E-state index contributed by atoms with van der Waals surface area (Å²) in [4.78, 5) is 10.6. The van der Waals surface area contributed by atoms with E-state index in [-0.39, 0.29) is 22.5 Å². The molecule has 0 spiro atoms. The van der Waals surface area contributed by atoms with E-state index in [1.807, 2.05) is 30.0 Å². The molecule has 0 saturated carbocycles. The molecule has 0 amide bonds. The van der Waals surface area contributed by atoms with Gasteiger partial charge in [0.2, 0.25) is 10.0 Å². The third-order valence-corrected chi connectivity index (χ3v) is 8.46. The number of sulfonamides is 1. The maximum atomic E-state index is 13.5. The minimum atomic E-state index is -3.98. The second-order valence-electron chi connectivity index (χ2n) is 6.86. The van der Waals surface area contributed by atoms with E-state index in [4.69, 9.17) is 0 Å². The summed E-state index contributed by atoms with van der Waals surface area (Å²) in [5.41, 5.74) is 1.85. The lowest BCUT2D eigenvalue weighted by Gasteiger charge is -2.39. The fourth-order valence-electron chi connectivity index (χ4n) is 4.09. The van der Waals surface area contributed by atoms with Crippen molar-refractivity contribution in [2.75, 3.05) is 18.1 Å². The number of nitrogens with zero attached hydrogens (tertiary/aromatic N) is 2. The van der Waals surface area contributed by atoms with E-state index in [1.54, 1.807) is 0 Å². The van der Waals surface area contributed by atoms with Gasteiger partial charge in [0.25, 0.3) is 5.69 Å². The lowest BCUT2D eigenvalue weighted by molar-refractivity contribution is -0.387. The van der Waals surface area contributed by atoms with Gasteiger partial charge in [0.15, 0.2) is 4.90 Å². The summed E-state index contributed by atoms with van der Waals surface area (Å²) in [6.07, 6.45) is 1.57. The van der Waals surface area contributed by atoms with E-state index in [2.05, 4.69) is 6.07 Å². The van der Waals surface area contributed by atoms with Gasteiger partial charge < -0.3 is 0 Å². The largest absolute Gasteiger partial charge is 0.289 e. The van der Waals surface area contributed by atoms with Gasteiger partial charge in [0, 0.05) is 12.6 Å². The average molecular weight is 405 g/mol. The van der Waals surface area contributed by atoms with Crippen molar-refractivity contribution in [3.05, 3.63) is 69.8 Å². The van der Waals surface area contributed by atoms with Crippen LogP contribution in [0.15, 0.2) is 53.4 Å². The molecule has 142 valence electrons. The van der Waals surface area contributed by atoms with E-state index in [9.17, 15) is 18.5 Å². The van der Waals surface area contributed by atoms with Crippen LogP contribution in [0.3, 0.4) is 0 Å². The van der Waals surface area contributed by atoms with E-state index in [0.29, 0.717) is 13.0 Å². The Kier molecular flexibility index (Phi) is 4.96. The summed E-state index contributed by atoms with van der Waals surface area (Å²) in [6.45, 7) is 0.344. The van der Waals surface area contributed by atoms with Crippen LogP contribution in [0.25, 0.3) is 0 Å². The second kappa shape index (κ2) is 7.26. The SMILES string of the molecule is O=[N+]([O-])c1ccccc1S(=O)(=O)N1CCc2ccccc2C1C1CCSC1. The molecular formula is C19H20N2O4S2. The Morgan fingerprint density at radius 3 is 2.59 bits per heavy atom. The Balaban J connectivity index is 1.83. The summed E-state index contributed by atoms with van der Waals surface area (Å²) in [5, 5.41) is 11.4. The van der Waals surface area contributed by atoms with Crippen LogP contribution in [0.2, 0.25) is 0 Å². The molecule has 2 unspecified atom stereocenters. The van der Waals surface area contributed by atoms with Crippen LogP contribution in [0, 0.1) is 16.0 Å². The molecule has 0 bridgehead atoms. The molecule has 0 aromatic heterocycles. The standard InChI is InChI=1S/C19H20N2O4S2/c22-21(23)17-7-3-4-8-18(17)27(24,25)20-11-9-14-5-1-2-6-16(14)19(20)15-10-12-26-13-15/h1-8,15,19H,9-13H2. The van der Waals surface area contributed by atoms with E-state index in [1.165, 1.54) is 34.1 Å². The molecule has 0 N–H and O–H groups in total. The van der Waals surface area contributed by atoms with Crippen molar-refractivity contribution in [3.8, 4) is 0 Å². The summed E-state index contributed by atoms with van der Waals surface area (Å²) < 4.78 is 28.5. The van der Waals surface area contributed by atoms with Gasteiger partial charge in [-0.15, -0.1) is 0 Å². The monoisotopic (exact) mass is 404 g/mol. The molecule has 2 heterocycles. The highest BCUT2D eigenvalue weighted by Gasteiger charge is 2.43. The maximum Gasteiger partial charge on any atom is 0.289 e. The van der Waals surface area contributed by atoms with Gasteiger partial charge in [-0.2, -0.15) is 16.1 Å². The molecule has 2 aromatic carbocycles. The third-order valence-electron chi connectivity index (χ3n) is 5.35. The molecule has 0 radical (unpaired) electrons. The molecule has 27 heavy (non-hydrogen) atoms. The number of fused-ring (bicyclic) bond motifs is 1. The highest BCUT2D eigenvalue weighted by atomic mass is 32.2. The number of nitro benzene ring substituents is 1. The molecular weight excluding hydrogens is 384 g/mol. The first-order chi connectivity index (χ1) is 13.0. The second-order valence-corrected chi connectivity index (χ2v) is 9.87. The first-order valence-corrected chi connectivity index (χ1v) is 11.5. The van der Waals surface area contributed by atoms with Gasteiger partial charge in [-0.25, -0.2) is 8.42 Å². The van der Waals surface area contributed by atoms with Crippen LogP contribution in [0.1, 0.15) is 23.6 Å². The molecule has 6 nitrogen and oxygen atoms in total. The first kappa shape index (κ1) is 18.5. The lowest BCUT2D eigenvalue weighted by atomic mass is 9.86. The minimum absolute atomic E-state index is 0.217. The van der Waals surface area contributed by atoms with Crippen molar-refractivity contribution in [2.24, 2.45) is 5.92 Å². The summed E-state index contributed by atoms with van der Waals surface area (Å²) >= 11 is 1.84. The quantitative estimate of drug-likeness (QED) is 0.574. The third kappa shape index (κ3) is 3.26. The number of benzene rings is 2. The number of rotatable bonds is 4. The summed E-state index contributed by atoms with van der Waals surface area (Å²) in [7, 11) is -3.98. The zero-order chi connectivity index (χ0) is 19.0. The molecule has 0 aliphatic carbocycles. The maximum absolute atomic E-state index is 13.5. The number of hydrogen-bond acceptors (Lipinski definition) is 5. The van der Waals surface area contributed by atoms with Crippen LogP contribution >= 0.6 is 11.8 Å². The Hall–Kier alpha value is -1.90. The van der Waals surface area contributed by atoms with Crippen LogP contribution in [-0.4, -0.2) is 35.7 Å². The Morgan fingerprint density at radius 1 is 1.11 bits per heavy atom. The van der Waals surface area contributed by atoms with E-state index < -0.39 is 14.9 Å². The predicted octanol–water partition coefficient (Wildman–Crippen LogP) is 3.64. The molecule has 1 saturated heterocycles. The Morgan fingerprint density at radius 2 is 1.85 bits per heavy atom. The molecule has 2 aliphatic heterocycles. The smallest absolute Gasteiger partial charge is 0.258 e. The van der Waals surface area contributed by atoms with Crippen LogP contribution in [0.4, 0.5) is 5.69 Å². The van der Waals surface area contributed by atoms with E-state index >= 15 is 0 Å². The average Bonchev–Trinajstić information content (AvgIpc) is 3.21. The normalized spacial score (nSPS) is 23.1. The zero-order valence-electron chi connectivity index (χ0n) is 14.7. The number of thioether (sulfide) groups is 1. The summed E-state index contributed by atoms with van der Waals surface area (Å²) in [5.74, 6) is 2.14. The first-order valence-electron chi connectivity index (χ1n) is 8.91. The van der Waals surface area contributed by atoms with Gasteiger partial charge in [0.1, 0.15) is 0 Å². The molecule has 2 atom stereocenters. The van der Waals surface area contributed by atoms with Crippen molar-refractivity contribution in [1.29, 1.82) is 0 Å². The Bertz CT molecular complexity index is 971. The molecule has 1 fully saturated rings. The highest BCUT2D eigenvalue weighted by Crippen LogP contribution is 2.44. The highest BCUT2D eigenvalue weighted by molar-refractivity contribution is 7.99. The fraction of sp³-hybridized carbons (Fsp3) is 0.368. The number of nitro groups is 1. The number of para-hydroxylation sites is 1. The van der Waals surface area contributed by atoms with Gasteiger partial charge in [0.05, 0.1) is 11.0 Å². The predicted molar refractivity (Wildman–Crippen MR) is 105 cm³/mol. The molecule has 2 aromatic rings. The van der Waals surface area contributed by atoms with Crippen molar-refractivity contribution in [2.45, 2.75) is 23.8 Å². The van der Waals surface area contributed by atoms with Crippen molar-refractivity contribution in [3.63, 3.8) is 0 Å². The number of hydrogen-bond donors (Lipinski definition) is 0. The van der Waals surface area contributed by atoms with Crippen molar-refractivity contribution < 1.29 is 13.3 Å². The van der Waals surface area contributed by atoms with Gasteiger partial charge in [-0.3, -0.25) is 10.1 Å². The Labute approximate surface area is 162 Å². The van der Waals surface area contributed by atoms with Crippen molar-refractivity contribution >= 4 is 27.5 Å². The van der Waals surface area contributed by atoms with Crippen LogP contribution in [0.5, 0.6) is 0 Å². The molecule has 8 heteroatoms. The fourth-order valence-corrected chi connectivity index (χ4v) is 7.20. The molecule has 4 rings (SSSR count). The van der Waals surface area contributed by atoms with Gasteiger partial charge >= 0.3 is 0 Å². The lowest BCUT2D eigenvalue weighted by Crippen LogP contribution is -2.43. The van der Waals surface area contributed by atoms with Crippen LogP contribution < -0.4 is 0 Å². The topological polar surface area (TPSA) is 80.5 Å². The zero-order valence-corrected chi connectivity index (χ0v) is 16.3. The van der Waals surface area contributed by atoms with Crippen LogP contribution in [-0.2, 0) is 16.4 Å². The van der Waals surface area contributed by atoms with Gasteiger partial charge in [-0.05, 0) is 47.5 Å².